The molecule has 1 saturated heterocycles. The summed E-state index contributed by atoms with van der Waals surface area (Å²) < 4.78 is 38.0. The highest BCUT2D eigenvalue weighted by Gasteiger charge is 2.36. The Morgan fingerprint density at radius 1 is 1.32 bits per heavy atom. The van der Waals surface area contributed by atoms with E-state index >= 15 is 0 Å². The molecule has 1 aromatic rings. The lowest BCUT2D eigenvalue weighted by atomic mass is 10.0. The number of nitrogens with zero attached hydrogens (tertiary/aromatic N) is 1. The molecule has 1 aromatic carbocycles. The van der Waals surface area contributed by atoms with Crippen LogP contribution in [0.3, 0.4) is 0 Å². The minimum absolute atomic E-state index is 0.0907. The third kappa shape index (κ3) is 2.03. The normalized spacial score (nSPS) is 22.6. The highest BCUT2D eigenvalue weighted by Crippen LogP contribution is 2.34. The second-order valence-corrected chi connectivity index (χ2v) is 4.62. The van der Waals surface area contributed by atoms with Gasteiger partial charge in [0, 0.05) is 19.6 Å². The van der Waals surface area contributed by atoms with Gasteiger partial charge < -0.3 is 15.5 Å². The van der Waals surface area contributed by atoms with E-state index in [0.29, 0.717) is 18.8 Å². The molecule has 0 spiro atoms. The Hall–Kier alpha value is -1.76. The van der Waals surface area contributed by atoms with Gasteiger partial charge in [0.15, 0.2) is 0 Å². The van der Waals surface area contributed by atoms with Crippen LogP contribution in [0.2, 0.25) is 0 Å². The largest absolute Gasteiger partial charge is 0.416 e. The second-order valence-electron chi connectivity index (χ2n) is 4.62. The van der Waals surface area contributed by atoms with Gasteiger partial charge in [0.1, 0.15) is 6.17 Å². The van der Waals surface area contributed by atoms with Crippen molar-refractivity contribution in [2.24, 2.45) is 0 Å². The van der Waals surface area contributed by atoms with E-state index in [0.717, 1.165) is 18.7 Å². The number of hydrogen-bond acceptors (Lipinski definition) is 3. The van der Waals surface area contributed by atoms with Gasteiger partial charge in [-0.25, -0.2) is 0 Å². The maximum atomic E-state index is 12.7. The molecular weight excluding hydrogens is 259 g/mol. The number of nitrogens with one attached hydrogen (secondary N) is 2. The van der Waals surface area contributed by atoms with E-state index in [9.17, 15) is 18.0 Å². The highest BCUT2D eigenvalue weighted by molar-refractivity contribution is 6.02. The van der Waals surface area contributed by atoms with E-state index < -0.39 is 17.6 Å². The number of carbonyl (C=O) groups excluding carboxylic acids is 1. The van der Waals surface area contributed by atoms with Crippen molar-refractivity contribution in [3.63, 3.8) is 0 Å². The first-order valence-corrected chi connectivity index (χ1v) is 5.96. The van der Waals surface area contributed by atoms with Gasteiger partial charge in [0.05, 0.1) is 16.8 Å². The number of hydrogen-bond donors (Lipinski definition) is 2. The number of alkyl halides is 3. The van der Waals surface area contributed by atoms with Crippen LogP contribution in [0.5, 0.6) is 0 Å². The van der Waals surface area contributed by atoms with Crippen LogP contribution in [-0.2, 0) is 6.18 Å². The van der Waals surface area contributed by atoms with Gasteiger partial charge in [-0.1, -0.05) is 0 Å². The lowest BCUT2D eigenvalue weighted by Gasteiger charge is -2.42. The molecule has 7 heteroatoms. The van der Waals surface area contributed by atoms with Crippen molar-refractivity contribution < 1.29 is 18.0 Å². The summed E-state index contributed by atoms with van der Waals surface area (Å²) in [7, 11) is 0. The van der Waals surface area contributed by atoms with Crippen molar-refractivity contribution in [2.45, 2.75) is 12.3 Å². The zero-order valence-corrected chi connectivity index (χ0v) is 9.92. The van der Waals surface area contributed by atoms with Crippen molar-refractivity contribution in [2.75, 3.05) is 24.5 Å². The van der Waals surface area contributed by atoms with Crippen molar-refractivity contribution in [3.05, 3.63) is 29.3 Å². The predicted octanol–water partition coefficient (Wildman–Crippen LogP) is 1.18. The van der Waals surface area contributed by atoms with Gasteiger partial charge in [-0.2, -0.15) is 13.2 Å². The molecule has 1 amide bonds. The first-order valence-electron chi connectivity index (χ1n) is 5.96. The summed E-state index contributed by atoms with van der Waals surface area (Å²) in [6.07, 6.45) is -4.62. The van der Waals surface area contributed by atoms with Gasteiger partial charge in [0.25, 0.3) is 5.91 Å². The maximum absolute atomic E-state index is 12.7. The minimum Gasteiger partial charge on any atom is -0.348 e. The van der Waals surface area contributed by atoms with E-state index in [1.165, 1.54) is 6.07 Å². The molecule has 2 N–H and O–H groups in total. The molecule has 0 bridgehead atoms. The number of fused-ring (bicyclic) bond motifs is 3. The number of carbonyl (C=O) groups is 1. The van der Waals surface area contributed by atoms with Crippen LogP contribution < -0.4 is 15.5 Å². The van der Waals surface area contributed by atoms with Crippen LogP contribution in [0, 0.1) is 0 Å². The SMILES string of the molecule is O=C1NC2CNCCN2c2ccc(C(F)(F)F)cc21. The van der Waals surface area contributed by atoms with Crippen molar-refractivity contribution >= 4 is 11.6 Å². The van der Waals surface area contributed by atoms with E-state index in [-0.39, 0.29) is 11.7 Å². The lowest BCUT2D eigenvalue weighted by Crippen LogP contribution is -2.62. The fourth-order valence-corrected chi connectivity index (χ4v) is 2.50. The summed E-state index contributed by atoms with van der Waals surface area (Å²) in [5, 5.41) is 5.84. The first kappa shape index (κ1) is 12.3. The summed E-state index contributed by atoms with van der Waals surface area (Å²) >= 11 is 0. The minimum atomic E-state index is -4.43. The zero-order valence-electron chi connectivity index (χ0n) is 9.92. The summed E-state index contributed by atoms with van der Waals surface area (Å²) in [6, 6.07) is 3.33. The number of halogens is 3. The summed E-state index contributed by atoms with van der Waals surface area (Å²) in [6.45, 7) is 1.99. The average molecular weight is 271 g/mol. The standard InChI is InChI=1S/C12H12F3N3O/c13-12(14,15)7-1-2-9-8(5-7)11(19)17-10-6-16-3-4-18(9)10/h1-2,5,10,16H,3-4,6H2,(H,17,19). The lowest BCUT2D eigenvalue weighted by molar-refractivity contribution is -0.137. The third-order valence-corrected chi connectivity index (χ3v) is 3.42. The monoisotopic (exact) mass is 271 g/mol. The molecule has 1 unspecified atom stereocenters. The van der Waals surface area contributed by atoms with Crippen molar-refractivity contribution in [3.8, 4) is 0 Å². The summed E-state index contributed by atoms with van der Waals surface area (Å²) in [4.78, 5) is 13.8. The van der Waals surface area contributed by atoms with Gasteiger partial charge in [-0.15, -0.1) is 0 Å². The molecule has 4 nitrogen and oxygen atoms in total. The quantitative estimate of drug-likeness (QED) is 0.745. The Labute approximate surface area is 107 Å². The Balaban J connectivity index is 2.05. The van der Waals surface area contributed by atoms with Gasteiger partial charge in [-0.05, 0) is 18.2 Å². The van der Waals surface area contributed by atoms with Crippen molar-refractivity contribution in [1.29, 1.82) is 0 Å². The van der Waals surface area contributed by atoms with Crippen LogP contribution in [0.15, 0.2) is 18.2 Å². The van der Waals surface area contributed by atoms with E-state index in [4.69, 9.17) is 0 Å². The van der Waals surface area contributed by atoms with Crippen LogP contribution in [-0.4, -0.2) is 31.7 Å². The number of rotatable bonds is 0. The van der Waals surface area contributed by atoms with E-state index in [1.807, 2.05) is 4.90 Å². The molecule has 0 saturated carbocycles. The van der Waals surface area contributed by atoms with Gasteiger partial charge >= 0.3 is 6.18 Å². The maximum Gasteiger partial charge on any atom is 0.416 e. The molecule has 1 fully saturated rings. The number of piperazine rings is 1. The topological polar surface area (TPSA) is 44.4 Å². The number of amides is 1. The van der Waals surface area contributed by atoms with E-state index in [1.54, 1.807) is 0 Å². The zero-order chi connectivity index (χ0) is 13.6. The third-order valence-electron chi connectivity index (χ3n) is 3.42. The smallest absolute Gasteiger partial charge is 0.348 e. The average Bonchev–Trinajstić information content (AvgIpc) is 2.37. The highest BCUT2D eigenvalue weighted by atomic mass is 19.4. The van der Waals surface area contributed by atoms with Crippen LogP contribution in [0.1, 0.15) is 15.9 Å². The first-order chi connectivity index (χ1) is 8.97. The molecule has 2 aliphatic rings. The molecule has 0 aliphatic carbocycles. The molecule has 0 radical (unpaired) electrons. The van der Waals surface area contributed by atoms with Crippen LogP contribution in [0.4, 0.5) is 18.9 Å². The predicted molar refractivity (Wildman–Crippen MR) is 62.9 cm³/mol. The van der Waals surface area contributed by atoms with E-state index in [2.05, 4.69) is 10.6 Å². The Kier molecular flexibility index (Phi) is 2.67. The fourth-order valence-electron chi connectivity index (χ4n) is 2.50. The molecule has 0 aromatic heterocycles. The second kappa shape index (κ2) is 4.12. The Morgan fingerprint density at radius 2 is 2.11 bits per heavy atom. The van der Waals surface area contributed by atoms with Gasteiger partial charge in [-0.3, -0.25) is 4.79 Å². The molecule has 2 heterocycles. The Morgan fingerprint density at radius 3 is 2.84 bits per heavy atom. The summed E-state index contributed by atoms with van der Waals surface area (Å²) in [5.41, 5.74) is -0.133. The molecule has 2 aliphatic heterocycles. The Bertz CT molecular complexity index is 529. The molecule has 102 valence electrons. The molecule has 1 atom stereocenters. The molecule has 19 heavy (non-hydrogen) atoms. The van der Waals surface area contributed by atoms with Crippen LogP contribution >= 0.6 is 0 Å². The molecular formula is C12H12F3N3O. The van der Waals surface area contributed by atoms with Gasteiger partial charge in [0.2, 0.25) is 0 Å². The fraction of sp³-hybridized carbons (Fsp3) is 0.417. The van der Waals surface area contributed by atoms with Crippen LogP contribution in [0.25, 0.3) is 0 Å². The summed E-state index contributed by atoms with van der Waals surface area (Å²) in [5.74, 6) is -0.453. The number of benzene rings is 1. The molecule has 3 rings (SSSR count). The number of anilines is 1. The van der Waals surface area contributed by atoms with Crippen molar-refractivity contribution in [1.82, 2.24) is 10.6 Å².